The van der Waals surface area contributed by atoms with E-state index < -0.39 is 12.0 Å². The first-order valence-corrected chi connectivity index (χ1v) is 8.23. The summed E-state index contributed by atoms with van der Waals surface area (Å²) in [4.78, 5) is 27.6. The number of esters is 1. The molecule has 6 heteroatoms. The fourth-order valence-electron chi connectivity index (χ4n) is 2.89. The van der Waals surface area contributed by atoms with Crippen molar-refractivity contribution in [3.05, 3.63) is 71.7 Å². The summed E-state index contributed by atoms with van der Waals surface area (Å²) >= 11 is 0. The van der Waals surface area contributed by atoms with Crippen LogP contribution in [0.15, 0.2) is 54.7 Å². The maximum atomic E-state index is 13.0. The standard InChI is InChI=1S/C20H19FN2O3/c1-26-20(25)18(11-14-12-22-17-5-3-2-4-16(14)17)23-19(24)10-13-6-8-15(21)9-7-13/h2-9,12,18,22H,10-11H2,1H3,(H,23,24). The van der Waals surface area contributed by atoms with Crippen LogP contribution in [0.5, 0.6) is 0 Å². The number of para-hydroxylation sites is 1. The van der Waals surface area contributed by atoms with Crippen molar-refractivity contribution >= 4 is 22.8 Å². The molecule has 26 heavy (non-hydrogen) atoms. The van der Waals surface area contributed by atoms with Gasteiger partial charge in [-0.3, -0.25) is 4.79 Å². The third kappa shape index (κ3) is 4.08. The second-order valence-corrected chi connectivity index (χ2v) is 6.01. The lowest BCUT2D eigenvalue weighted by molar-refractivity contribution is -0.145. The number of rotatable bonds is 6. The fourth-order valence-corrected chi connectivity index (χ4v) is 2.89. The van der Waals surface area contributed by atoms with E-state index in [1.807, 2.05) is 30.5 Å². The molecule has 0 fully saturated rings. The maximum absolute atomic E-state index is 13.0. The second-order valence-electron chi connectivity index (χ2n) is 6.01. The van der Waals surface area contributed by atoms with Gasteiger partial charge in [0, 0.05) is 23.5 Å². The number of carbonyl (C=O) groups is 2. The zero-order chi connectivity index (χ0) is 18.5. The Balaban J connectivity index is 1.72. The summed E-state index contributed by atoms with van der Waals surface area (Å²) in [6.07, 6.45) is 2.19. The van der Waals surface area contributed by atoms with Crippen LogP contribution in [0.25, 0.3) is 10.9 Å². The van der Waals surface area contributed by atoms with Gasteiger partial charge in [-0.25, -0.2) is 9.18 Å². The van der Waals surface area contributed by atoms with Gasteiger partial charge in [-0.05, 0) is 29.3 Å². The van der Waals surface area contributed by atoms with Gasteiger partial charge in [0.15, 0.2) is 0 Å². The predicted molar refractivity (Wildman–Crippen MR) is 96.1 cm³/mol. The average molecular weight is 354 g/mol. The SMILES string of the molecule is COC(=O)C(Cc1c[nH]c2ccccc12)NC(=O)Cc1ccc(F)cc1. The van der Waals surface area contributed by atoms with E-state index in [2.05, 4.69) is 10.3 Å². The zero-order valence-corrected chi connectivity index (χ0v) is 14.3. The van der Waals surface area contributed by atoms with E-state index in [0.717, 1.165) is 16.5 Å². The van der Waals surface area contributed by atoms with Gasteiger partial charge >= 0.3 is 5.97 Å². The molecule has 1 atom stereocenters. The molecule has 3 rings (SSSR count). The molecule has 0 saturated heterocycles. The molecule has 134 valence electrons. The number of aromatic amines is 1. The number of hydrogen-bond acceptors (Lipinski definition) is 3. The molecule has 0 aliphatic carbocycles. The number of carbonyl (C=O) groups excluding carboxylic acids is 2. The molecule has 1 amide bonds. The van der Waals surface area contributed by atoms with Crippen LogP contribution in [0.3, 0.4) is 0 Å². The van der Waals surface area contributed by atoms with Gasteiger partial charge in [-0.15, -0.1) is 0 Å². The third-order valence-corrected chi connectivity index (χ3v) is 4.20. The highest BCUT2D eigenvalue weighted by molar-refractivity contribution is 5.88. The van der Waals surface area contributed by atoms with Crippen molar-refractivity contribution < 1.29 is 18.7 Å². The lowest BCUT2D eigenvalue weighted by Gasteiger charge is -2.16. The van der Waals surface area contributed by atoms with Crippen LogP contribution >= 0.6 is 0 Å². The molecule has 0 saturated carbocycles. The minimum Gasteiger partial charge on any atom is -0.467 e. The second kappa shape index (κ2) is 7.82. The molecular formula is C20H19FN2O3. The van der Waals surface area contributed by atoms with E-state index in [9.17, 15) is 14.0 Å². The van der Waals surface area contributed by atoms with Gasteiger partial charge in [-0.1, -0.05) is 30.3 Å². The van der Waals surface area contributed by atoms with Crippen molar-refractivity contribution in [1.29, 1.82) is 0 Å². The van der Waals surface area contributed by atoms with Crippen LogP contribution in [0.4, 0.5) is 4.39 Å². The van der Waals surface area contributed by atoms with Crippen LogP contribution in [-0.4, -0.2) is 30.0 Å². The molecule has 3 aromatic rings. The van der Waals surface area contributed by atoms with Crippen LogP contribution in [0.2, 0.25) is 0 Å². The Morgan fingerprint density at radius 3 is 2.62 bits per heavy atom. The van der Waals surface area contributed by atoms with Crippen LogP contribution in [-0.2, 0) is 27.2 Å². The molecule has 0 bridgehead atoms. The van der Waals surface area contributed by atoms with Gasteiger partial charge in [0.2, 0.25) is 5.91 Å². The van der Waals surface area contributed by atoms with E-state index >= 15 is 0 Å². The number of H-pyrrole nitrogens is 1. The Kier molecular flexibility index (Phi) is 5.31. The van der Waals surface area contributed by atoms with Gasteiger partial charge in [-0.2, -0.15) is 0 Å². The Morgan fingerprint density at radius 2 is 1.88 bits per heavy atom. The van der Waals surface area contributed by atoms with Gasteiger partial charge in [0.25, 0.3) is 0 Å². The molecule has 5 nitrogen and oxygen atoms in total. The van der Waals surface area contributed by atoms with Crippen molar-refractivity contribution in [3.63, 3.8) is 0 Å². The number of ether oxygens (including phenoxy) is 1. The smallest absolute Gasteiger partial charge is 0.328 e. The topological polar surface area (TPSA) is 71.2 Å². The molecular weight excluding hydrogens is 335 g/mol. The van der Waals surface area contributed by atoms with Crippen molar-refractivity contribution in [2.24, 2.45) is 0 Å². The van der Waals surface area contributed by atoms with Crippen LogP contribution < -0.4 is 5.32 Å². The number of aromatic nitrogens is 1. The number of methoxy groups -OCH3 is 1. The van der Waals surface area contributed by atoms with E-state index in [4.69, 9.17) is 4.74 Å². The molecule has 1 aromatic heterocycles. The van der Waals surface area contributed by atoms with Crippen molar-refractivity contribution in [3.8, 4) is 0 Å². The number of hydrogen-bond donors (Lipinski definition) is 2. The minimum atomic E-state index is -0.799. The van der Waals surface area contributed by atoms with Gasteiger partial charge in [0.1, 0.15) is 11.9 Å². The fraction of sp³-hybridized carbons (Fsp3) is 0.200. The zero-order valence-electron chi connectivity index (χ0n) is 14.3. The summed E-state index contributed by atoms with van der Waals surface area (Å²) in [5.41, 5.74) is 2.54. The number of fused-ring (bicyclic) bond motifs is 1. The number of nitrogens with one attached hydrogen (secondary N) is 2. The Labute approximate surface area is 150 Å². The highest BCUT2D eigenvalue weighted by Gasteiger charge is 2.23. The van der Waals surface area contributed by atoms with E-state index in [1.54, 1.807) is 12.1 Å². The first-order chi connectivity index (χ1) is 12.6. The minimum absolute atomic E-state index is 0.0572. The third-order valence-electron chi connectivity index (χ3n) is 4.20. The van der Waals surface area contributed by atoms with Crippen molar-refractivity contribution in [1.82, 2.24) is 10.3 Å². The highest BCUT2D eigenvalue weighted by Crippen LogP contribution is 2.19. The molecule has 0 aliphatic rings. The molecule has 0 radical (unpaired) electrons. The summed E-state index contributed by atoms with van der Waals surface area (Å²) in [6, 6.07) is 12.6. The number of amides is 1. The molecule has 2 aromatic carbocycles. The van der Waals surface area contributed by atoms with Crippen molar-refractivity contribution in [2.75, 3.05) is 7.11 Å². The lowest BCUT2D eigenvalue weighted by Crippen LogP contribution is -2.43. The normalized spacial score (nSPS) is 11.9. The Morgan fingerprint density at radius 1 is 1.15 bits per heavy atom. The number of benzene rings is 2. The number of halogens is 1. The predicted octanol–water partition coefficient (Wildman–Crippen LogP) is 2.75. The summed E-state index contributed by atoms with van der Waals surface area (Å²) in [5, 5.41) is 3.71. The molecule has 0 spiro atoms. The summed E-state index contributed by atoms with van der Waals surface area (Å²) < 4.78 is 17.8. The molecule has 1 heterocycles. The maximum Gasteiger partial charge on any atom is 0.328 e. The summed E-state index contributed by atoms with van der Waals surface area (Å²) in [5.74, 6) is -1.20. The molecule has 2 N–H and O–H groups in total. The lowest BCUT2D eigenvalue weighted by atomic mass is 10.0. The molecule has 0 aliphatic heterocycles. The average Bonchev–Trinajstić information content (AvgIpc) is 3.05. The quantitative estimate of drug-likeness (QED) is 0.669. The van der Waals surface area contributed by atoms with Gasteiger partial charge < -0.3 is 15.0 Å². The Bertz CT molecular complexity index is 918. The first-order valence-electron chi connectivity index (χ1n) is 8.23. The van der Waals surface area contributed by atoms with Crippen LogP contribution in [0.1, 0.15) is 11.1 Å². The summed E-state index contributed by atoms with van der Waals surface area (Å²) in [7, 11) is 1.29. The van der Waals surface area contributed by atoms with Gasteiger partial charge in [0.05, 0.1) is 13.5 Å². The first kappa shape index (κ1) is 17.7. The Hall–Kier alpha value is -3.15. The molecule has 1 unspecified atom stereocenters. The van der Waals surface area contributed by atoms with E-state index in [1.165, 1.54) is 19.2 Å². The van der Waals surface area contributed by atoms with E-state index in [0.29, 0.717) is 12.0 Å². The monoisotopic (exact) mass is 354 g/mol. The van der Waals surface area contributed by atoms with Crippen LogP contribution in [0, 0.1) is 5.82 Å². The largest absolute Gasteiger partial charge is 0.467 e. The highest BCUT2D eigenvalue weighted by atomic mass is 19.1. The van der Waals surface area contributed by atoms with E-state index in [-0.39, 0.29) is 18.1 Å². The summed E-state index contributed by atoms with van der Waals surface area (Å²) in [6.45, 7) is 0. The van der Waals surface area contributed by atoms with Crippen molar-refractivity contribution in [2.45, 2.75) is 18.9 Å².